The van der Waals surface area contributed by atoms with Crippen LogP contribution >= 0.6 is 15.9 Å². The maximum absolute atomic E-state index is 13.4. The number of hydrogen-bond donors (Lipinski definition) is 1. The summed E-state index contributed by atoms with van der Waals surface area (Å²) in [5.41, 5.74) is 3.82. The fraction of sp³-hybridized carbons (Fsp3) is 0.133. The summed E-state index contributed by atoms with van der Waals surface area (Å²) in [7, 11) is 0. The summed E-state index contributed by atoms with van der Waals surface area (Å²) >= 11 is 3.43. The average molecular weight is 319 g/mol. The third kappa shape index (κ3) is 2.16. The minimum Gasteiger partial charge on any atom is -0.343 e. The van der Waals surface area contributed by atoms with Crippen molar-refractivity contribution >= 4 is 27.0 Å². The highest BCUT2D eigenvalue weighted by atomic mass is 79.9. The Balaban J connectivity index is 2.34. The summed E-state index contributed by atoms with van der Waals surface area (Å²) in [6.45, 7) is 2.07. The van der Waals surface area contributed by atoms with Gasteiger partial charge in [-0.25, -0.2) is 9.37 Å². The van der Waals surface area contributed by atoms with E-state index in [9.17, 15) is 4.39 Å². The molecule has 0 aliphatic rings. The lowest BCUT2D eigenvalue weighted by Gasteiger charge is -2.03. The second kappa shape index (κ2) is 4.78. The topological polar surface area (TPSA) is 28.7 Å². The van der Waals surface area contributed by atoms with Crippen LogP contribution < -0.4 is 0 Å². The number of pyridine rings is 1. The van der Waals surface area contributed by atoms with E-state index in [2.05, 4.69) is 32.8 Å². The second-order valence-corrected chi connectivity index (χ2v) is 5.31. The van der Waals surface area contributed by atoms with Crippen LogP contribution in [0.1, 0.15) is 12.6 Å². The first-order valence-electron chi connectivity index (χ1n) is 6.11. The molecule has 0 spiro atoms. The monoisotopic (exact) mass is 318 g/mol. The Hall–Kier alpha value is -1.68. The van der Waals surface area contributed by atoms with Crippen LogP contribution in [-0.4, -0.2) is 9.97 Å². The first-order chi connectivity index (χ1) is 9.19. The predicted octanol–water partition coefficient (Wildman–Crippen LogP) is 4.69. The van der Waals surface area contributed by atoms with Crippen molar-refractivity contribution < 1.29 is 4.39 Å². The molecular weight excluding hydrogens is 307 g/mol. The molecule has 3 aromatic rings. The summed E-state index contributed by atoms with van der Waals surface area (Å²) in [5.74, 6) is -0.225. The van der Waals surface area contributed by atoms with E-state index in [0.29, 0.717) is 0 Å². The van der Waals surface area contributed by atoms with Crippen molar-refractivity contribution in [2.45, 2.75) is 13.3 Å². The first-order valence-corrected chi connectivity index (χ1v) is 6.90. The maximum Gasteiger partial charge on any atom is 0.138 e. The molecule has 0 saturated heterocycles. The van der Waals surface area contributed by atoms with Gasteiger partial charge in [0.05, 0.1) is 0 Å². The van der Waals surface area contributed by atoms with Gasteiger partial charge in [0.15, 0.2) is 0 Å². The number of benzene rings is 1. The van der Waals surface area contributed by atoms with Crippen LogP contribution in [0.15, 0.2) is 41.0 Å². The number of nitrogens with one attached hydrogen (secondary N) is 1. The molecule has 96 valence electrons. The molecule has 0 unspecified atom stereocenters. The van der Waals surface area contributed by atoms with E-state index < -0.39 is 0 Å². The van der Waals surface area contributed by atoms with Gasteiger partial charge in [0, 0.05) is 27.3 Å². The number of H-pyrrole nitrogens is 1. The fourth-order valence-electron chi connectivity index (χ4n) is 2.34. The van der Waals surface area contributed by atoms with Gasteiger partial charge < -0.3 is 4.98 Å². The van der Waals surface area contributed by atoms with Crippen LogP contribution in [0.25, 0.3) is 22.2 Å². The van der Waals surface area contributed by atoms with E-state index >= 15 is 0 Å². The molecule has 2 nitrogen and oxygen atoms in total. The molecule has 2 aromatic heterocycles. The standard InChI is InChI=1S/C15H12BrFN2/c1-2-13-14(9-4-3-5-11(17)6-9)12-7-10(16)8-18-15(12)19-13/h3-8H,2H2,1H3,(H,18,19). The number of hydrogen-bond acceptors (Lipinski definition) is 1. The molecular formula is C15H12BrFN2. The molecule has 1 aromatic carbocycles. The van der Waals surface area contributed by atoms with Gasteiger partial charge in [-0.3, -0.25) is 0 Å². The summed E-state index contributed by atoms with van der Waals surface area (Å²) in [4.78, 5) is 7.67. The molecule has 0 bridgehead atoms. The summed E-state index contributed by atoms with van der Waals surface area (Å²) in [6, 6.07) is 8.68. The molecule has 2 heterocycles. The van der Waals surface area contributed by atoms with Crippen LogP contribution in [0.3, 0.4) is 0 Å². The summed E-state index contributed by atoms with van der Waals surface area (Å²) < 4.78 is 14.4. The molecule has 1 N–H and O–H groups in total. The molecule has 19 heavy (non-hydrogen) atoms. The Bertz CT molecular complexity index is 749. The van der Waals surface area contributed by atoms with Gasteiger partial charge in [0.2, 0.25) is 0 Å². The SMILES string of the molecule is CCc1[nH]c2ncc(Br)cc2c1-c1cccc(F)c1. The van der Waals surface area contributed by atoms with Gasteiger partial charge in [-0.1, -0.05) is 19.1 Å². The normalized spacial score (nSPS) is 11.1. The van der Waals surface area contributed by atoms with Crippen molar-refractivity contribution in [3.63, 3.8) is 0 Å². The van der Waals surface area contributed by atoms with Crippen LogP contribution in [0.4, 0.5) is 4.39 Å². The van der Waals surface area contributed by atoms with Gasteiger partial charge >= 0.3 is 0 Å². The van der Waals surface area contributed by atoms with Crippen molar-refractivity contribution in [1.82, 2.24) is 9.97 Å². The van der Waals surface area contributed by atoms with Crippen molar-refractivity contribution in [3.8, 4) is 11.1 Å². The highest BCUT2D eigenvalue weighted by Gasteiger charge is 2.13. The van der Waals surface area contributed by atoms with Crippen molar-refractivity contribution in [2.24, 2.45) is 0 Å². The Kier molecular flexibility index (Phi) is 3.11. The Morgan fingerprint density at radius 3 is 2.89 bits per heavy atom. The zero-order valence-corrected chi connectivity index (χ0v) is 12.0. The molecule has 0 atom stereocenters. The van der Waals surface area contributed by atoms with Gasteiger partial charge in [-0.15, -0.1) is 0 Å². The number of aromatic nitrogens is 2. The van der Waals surface area contributed by atoms with Crippen LogP contribution in [0.5, 0.6) is 0 Å². The maximum atomic E-state index is 13.4. The third-order valence-corrected chi connectivity index (χ3v) is 3.60. The lowest BCUT2D eigenvalue weighted by Crippen LogP contribution is -1.85. The fourth-order valence-corrected chi connectivity index (χ4v) is 2.67. The largest absolute Gasteiger partial charge is 0.343 e. The van der Waals surface area contributed by atoms with E-state index in [1.165, 1.54) is 6.07 Å². The minimum absolute atomic E-state index is 0.225. The Labute approximate surface area is 118 Å². The van der Waals surface area contributed by atoms with Gasteiger partial charge in [-0.05, 0) is 46.1 Å². The highest BCUT2D eigenvalue weighted by molar-refractivity contribution is 9.10. The lowest BCUT2D eigenvalue weighted by molar-refractivity contribution is 0.628. The number of aryl methyl sites for hydroxylation is 1. The molecule has 0 aliphatic carbocycles. The van der Waals surface area contributed by atoms with E-state index in [4.69, 9.17) is 0 Å². The lowest BCUT2D eigenvalue weighted by atomic mass is 10.0. The summed E-state index contributed by atoms with van der Waals surface area (Å²) in [6.07, 6.45) is 2.60. The van der Waals surface area contributed by atoms with E-state index in [0.717, 1.165) is 38.7 Å². The minimum atomic E-state index is -0.225. The van der Waals surface area contributed by atoms with Crippen molar-refractivity contribution in [1.29, 1.82) is 0 Å². The van der Waals surface area contributed by atoms with Gasteiger partial charge in [-0.2, -0.15) is 0 Å². The first kappa shape index (κ1) is 12.4. The number of fused-ring (bicyclic) bond motifs is 1. The second-order valence-electron chi connectivity index (χ2n) is 4.39. The molecule has 0 radical (unpaired) electrons. The van der Waals surface area contributed by atoms with Crippen LogP contribution in [-0.2, 0) is 6.42 Å². The Morgan fingerprint density at radius 1 is 1.32 bits per heavy atom. The number of halogens is 2. The quantitative estimate of drug-likeness (QED) is 0.729. The van der Waals surface area contributed by atoms with Crippen molar-refractivity contribution in [2.75, 3.05) is 0 Å². The van der Waals surface area contributed by atoms with E-state index in [-0.39, 0.29) is 5.82 Å². The molecule has 0 amide bonds. The number of aromatic amines is 1. The van der Waals surface area contributed by atoms with Crippen LogP contribution in [0.2, 0.25) is 0 Å². The molecule has 4 heteroatoms. The zero-order chi connectivity index (χ0) is 13.4. The van der Waals surface area contributed by atoms with Crippen LogP contribution in [0, 0.1) is 5.82 Å². The molecule has 0 fully saturated rings. The third-order valence-electron chi connectivity index (χ3n) is 3.16. The number of nitrogens with zero attached hydrogens (tertiary/aromatic N) is 1. The zero-order valence-electron chi connectivity index (χ0n) is 10.4. The smallest absolute Gasteiger partial charge is 0.138 e. The van der Waals surface area contributed by atoms with Gasteiger partial charge in [0.25, 0.3) is 0 Å². The highest BCUT2D eigenvalue weighted by Crippen LogP contribution is 2.33. The van der Waals surface area contributed by atoms with E-state index in [1.54, 1.807) is 18.3 Å². The summed E-state index contributed by atoms with van der Waals surface area (Å²) in [5, 5.41) is 1.01. The average Bonchev–Trinajstić information content (AvgIpc) is 2.76. The Morgan fingerprint density at radius 2 is 2.16 bits per heavy atom. The molecule has 0 saturated carbocycles. The van der Waals surface area contributed by atoms with Crippen molar-refractivity contribution in [3.05, 3.63) is 52.5 Å². The van der Waals surface area contributed by atoms with Gasteiger partial charge in [0.1, 0.15) is 11.5 Å². The number of rotatable bonds is 2. The predicted molar refractivity (Wildman–Crippen MR) is 78.6 cm³/mol. The molecule has 3 rings (SSSR count). The molecule has 0 aliphatic heterocycles. The van der Waals surface area contributed by atoms with E-state index in [1.807, 2.05) is 12.1 Å².